The van der Waals surface area contributed by atoms with Crippen molar-refractivity contribution in [3.63, 3.8) is 0 Å². The highest BCUT2D eigenvalue weighted by molar-refractivity contribution is 14.1. The van der Waals surface area contributed by atoms with E-state index in [-0.39, 0.29) is 0 Å². The molecule has 0 heterocycles. The fourth-order valence-electron chi connectivity index (χ4n) is 0.236. The zero-order valence-electron chi connectivity index (χ0n) is 4.52. The van der Waals surface area contributed by atoms with Crippen LogP contribution < -0.4 is 0 Å². The summed E-state index contributed by atoms with van der Waals surface area (Å²) in [6.45, 7) is 1.92. The van der Waals surface area contributed by atoms with Crippen molar-refractivity contribution in [2.45, 2.75) is 13.3 Å². The molecule has 0 aliphatic heterocycles. The maximum Gasteiger partial charge on any atom is 0.329 e. The van der Waals surface area contributed by atoms with Crippen LogP contribution in [0.15, 0.2) is 9.66 Å². The zero-order valence-corrected chi connectivity index (χ0v) is 6.68. The molecule has 0 aromatic heterocycles. The van der Waals surface area contributed by atoms with Gasteiger partial charge in [0.2, 0.25) is 0 Å². The third kappa shape index (κ3) is 4.11. The summed E-state index contributed by atoms with van der Waals surface area (Å²) in [5.74, 6) is -0.865. The molecule has 0 bridgehead atoms. The summed E-state index contributed by atoms with van der Waals surface area (Å²) in [6.07, 6.45) is 2.01. The summed E-state index contributed by atoms with van der Waals surface area (Å²) in [5.41, 5.74) is 0. The lowest BCUT2D eigenvalue weighted by Gasteiger charge is -1.85. The summed E-state index contributed by atoms with van der Waals surface area (Å²) < 4.78 is 0.870. The summed E-state index contributed by atoms with van der Waals surface area (Å²) in [7, 11) is 0. The van der Waals surface area contributed by atoms with Gasteiger partial charge in [0, 0.05) is 6.08 Å². The molecule has 0 unspecified atom stereocenters. The molecule has 0 radical (unpaired) electrons. The fraction of sp³-hybridized carbons (Fsp3) is 0.400. The molecule has 0 aliphatic carbocycles. The molecule has 0 atom stereocenters. The van der Waals surface area contributed by atoms with Gasteiger partial charge in [-0.15, -0.1) is 0 Å². The van der Waals surface area contributed by atoms with Crippen LogP contribution in [0.1, 0.15) is 13.3 Å². The standard InChI is InChI=1S/C5H7IO2/c1-2-4(6)3-5(7)8/h3H,2H2,1H3,(H,7,8). The molecule has 0 fully saturated rings. The average Bonchev–Trinajstić information content (AvgIpc) is 1.65. The van der Waals surface area contributed by atoms with E-state index in [0.717, 1.165) is 10.0 Å². The lowest BCUT2D eigenvalue weighted by molar-refractivity contribution is -0.131. The Balaban J connectivity index is 3.75. The van der Waals surface area contributed by atoms with Crippen LogP contribution in [0.5, 0.6) is 0 Å². The van der Waals surface area contributed by atoms with Crippen molar-refractivity contribution in [3.8, 4) is 0 Å². The van der Waals surface area contributed by atoms with Crippen LogP contribution >= 0.6 is 22.6 Å². The lowest BCUT2D eigenvalue weighted by Crippen LogP contribution is -1.86. The van der Waals surface area contributed by atoms with E-state index in [2.05, 4.69) is 0 Å². The summed E-state index contributed by atoms with van der Waals surface area (Å²) in [4.78, 5) is 9.89. The third-order valence-corrected chi connectivity index (χ3v) is 1.69. The summed E-state index contributed by atoms with van der Waals surface area (Å²) in [6, 6.07) is 0. The van der Waals surface area contributed by atoms with E-state index in [0.29, 0.717) is 0 Å². The highest BCUT2D eigenvalue weighted by Gasteiger charge is 1.89. The van der Waals surface area contributed by atoms with Gasteiger partial charge in [-0.3, -0.25) is 0 Å². The monoisotopic (exact) mass is 226 g/mol. The molecule has 1 N–H and O–H groups in total. The predicted octanol–water partition coefficient (Wildman–Crippen LogP) is 1.80. The van der Waals surface area contributed by atoms with Crippen molar-refractivity contribution in [3.05, 3.63) is 9.66 Å². The van der Waals surface area contributed by atoms with Crippen molar-refractivity contribution >= 4 is 28.6 Å². The molecule has 0 saturated carbocycles. The molecular weight excluding hydrogens is 219 g/mol. The molecule has 0 aliphatic rings. The summed E-state index contributed by atoms with van der Waals surface area (Å²) >= 11 is 2.00. The predicted molar refractivity (Wildman–Crippen MR) is 40.0 cm³/mol. The second-order valence-electron chi connectivity index (χ2n) is 1.28. The third-order valence-electron chi connectivity index (χ3n) is 0.618. The number of hydrogen-bond donors (Lipinski definition) is 1. The number of rotatable bonds is 2. The maximum atomic E-state index is 9.89. The molecule has 0 amide bonds. The Labute approximate surface area is 61.7 Å². The van der Waals surface area contributed by atoms with Gasteiger partial charge in [0.15, 0.2) is 0 Å². The van der Waals surface area contributed by atoms with Crippen LogP contribution in [0.4, 0.5) is 0 Å². The zero-order chi connectivity index (χ0) is 6.57. The van der Waals surface area contributed by atoms with E-state index in [1.54, 1.807) is 0 Å². The van der Waals surface area contributed by atoms with Gasteiger partial charge in [-0.1, -0.05) is 6.92 Å². The van der Waals surface area contributed by atoms with Crippen LogP contribution in [0, 0.1) is 0 Å². The van der Waals surface area contributed by atoms with Gasteiger partial charge < -0.3 is 5.11 Å². The molecule has 8 heavy (non-hydrogen) atoms. The van der Waals surface area contributed by atoms with Gasteiger partial charge in [0.1, 0.15) is 0 Å². The lowest BCUT2D eigenvalue weighted by atomic mass is 10.4. The summed E-state index contributed by atoms with van der Waals surface area (Å²) in [5, 5.41) is 8.13. The molecule has 0 aromatic rings. The Morgan fingerprint density at radius 3 is 2.50 bits per heavy atom. The van der Waals surface area contributed by atoms with Crippen molar-refractivity contribution in [2.75, 3.05) is 0 Å². The highest BCUT2D eigenvalue weighted by atomic mass is 127. The van der Waals surface area contributed by atoms with Gasteiger partial charge >= 0.3 is 5.97 Å². The molecule has 2 nitrogen and oxygen atoms in total. The van der Waals surface area contributed by atoms with Crippen molar-refractivity contribution in [2.24, 2.45) is 0 Å². The number of halogens is 1. The van der Waals surface area contributed by atoms with Crippen LogP contribution in [0.2, 0.25) is 0 Å². The molecular formula is C5H7IO2. The van der Waals surface area contributed by atoms with Crippen molar-refractivity contribution in [1.29, 1.82) is 0 Å². The topological polar surface area (TPSA) is 37.3 Å². The Hall–Kier alpha value is -0.0600. The van der Waals surface area contributed by atoms with Crippen LogP contribution in [-0.2, 0) is 4.79 Å². The largest absolute Gasteiger partial charge is 0.478 e. The Bertz CT molecular complexity index is 118. The van der Waals surface area contributed by atoms with Gasteiger partial charge in [-0.25, -0.2) is 4.79 Å². The van der Waals surface area contributed by atoms with Gasteiger partial charge in [0.25, 0.3) is 0 Å². The molecule has 0 rings (SSSR count). The molecule has 46 valence electrons. The number of allylic oxidation sites excluding steroid dienone is 1. The second kappa shape index (κ2) is 3.88. The highest BCUT2D eigenvalue weighted by Crippen LogP contribution is 2.08. The quantitative estimate of drug-likeness (QED) is 0.575. The number of carbonyl (C=O) groups is 1. The normalized spacial score (nSPS) is 11.5. The second-order valence-corrected chi connectivity index (χ2v) is 2.67. The van der Waals surface area contributed by atoms with Gasteiger partial charge in [-0.05, 0) is 32.6 Å². The van der Waals surface area contributed by atoms with E-state index in [1.165, 1.54) is 6.08 Å². The SMILES string of the molecule is CCC(I)=CC(=O)O. The van der Waals surface area contributed by atoms with E-state index < -0.39 is 5.97 Å². The smallest absolute Gasteiger partial charge is 0.329 e. The Morgan fingerprint density at radius 2 is 2.38 bits per heavy atom. The molecule has 0 spiro atoms. The average molecular weight is 226 g/mol. The Kier molecular flexibility index (Phi) is 3.85. The van der Waals surface area contributed by atoms with Crippen molar-refractivity contribution < 1.29 is 9.90 Å². The minimum Gasteiger partial charge on any atom is -0.478 e. The van der Waals surface area contributed by atoms with Crippen molar-refractivity contribution in [1.82, 2.24) is 0 Å². The first-order chi connectivity index (χ1) is 3.66. The van der Waals surface area contributed by atoms with E-state index >= 15 is 0 Å². The van der Waals surface area contributed by atoms with Gasteiger partial charge in [-0.2, -0.15) is 0 Å². The number of carboxylic acid groups (broad SMARTS) is 1. The van der Waals surface area contributed by atoms with Gasteiger partial charge in [0.05, 0.1) is 0 Å². The molecule has 3 heteroatoms. The molecule has 0 aromatic carbocycles. The van der Waals surface area contributed by atoms with Crippen LogP contribution in [0.3, 0.4) is 0 Å². The van der Waals surface area contributed by atoms with E-state index in [1.807, 2.05) is 29.5 Å². The first kappa shape index (κ1) is 7.94. The fourth-order valence-corrected chi connectivity index (χ4v) is 0.502. The number of aliphatic carboxylic acids is 1. The number of carboxylic acids is 1. The minimum absolute atomic E-state index is 0.798. The maximum absolute atomic E-state index is 9.89. The van der Waals surface area contributed by atoms with Crippen LogP contribution in [-0.4, -0.2) is 11.1 Å². The Morgan fingerprint density at radius 1 is 1.88 bits per heavy atom. The molecule has 0 saturated heterocycles. The minimum atomic E-state index is -0.865. The van der Waals surface area contributed by atoms with E-state index in [4.69, 9.17) is 5.11 Å². The first-order valence-electron chi connectivity index (χ1n) is 2.25. The number of hydrogen-bond acceptors (Lipinski definition) is 1. The van der Waals surface area contributed by atoms with E-state index in [9.17, 15) is 4.79 Å². The van der Waals surface area contributed by atoms with Crippen LogP contribution in [0.25, 0.3) is 0 Å². The first-order valence-corrected chi connectivity index (χ1v) is 3.33.